The zero-order valence-electron chi connectivity index (χ0n) is 25.0. The van der Waals surface area contributed by atoms with E-state index in [1.165, 1.54) is 68.2 Å². The molecule has 2 aliphatic rings. The summed E-state index contributed by atoms with van der Waals surface area (Å²) in [5.74, 6) is 2.03. The van der Waals surface area contributed by atoms with E-state index in [-0.39, 0.29) is 0 Å². The zero-order chi connectivity index (χ0) is 27.2. The molecule has 1 saturated heterocycles. The van der Waals surface area contributed by atoms with Crippen molar-refractivity contribution in [2.24, 2.45) is 22.6 Å². The van der Waals surface area contributed by atoms with Gasteiger partial charge in [-0.1, -0.05) is 70.4 Å². The van der Waals surface area contributed by atoms with Crippen LogP contribution in [0.1, 0.15) is 99.3 Å². The van der Waals surface area contributed by atoms with Gasteiger partial charge in [0.25, 0.3) is 0 Å². The van der Waals surface area contributed by atoms with Gasteiger partial charge in [0.2, 0.25) is 0 Å². The fourth-order valence-electron chi connectivity index (χ4n) is 5.48. The highest BCUT2D eigenvalue weighted by molar-refractivity contribution is 5.78. The first-order valence-electron chi connectivity index (χ1n) is 15.0. The third kappa shape index (κ3) is 10.7. The molecule has 2 rings (SSSR count). The van der Waals surface area contributed by atoms with E-state index in [0.717, 1.165) is 50.5 Å². The van der Waals surface area contributed by atoms with Crippen molar-refractivity contribution in [3.05, 3.63) is 58.9 Å². The molecule has 4 nitrogen and oxygen atoms in total. The summed E-state index contributed by atoms with van der Waals surface area (Å²) in [5.41, 5.74) is 13.3. The van der Waals surface area contributed by atoms with Crippen molar-refractivity contribution >= 4 is 5.96 Å². The average molecular weight is 509 g/mol. The minimum Gasteiger partial charge on any atom is -0.370 e. The smallest absolute Gasteiger partial charge is 0.195 e. The van der Waals surface area contributed by atoms with Crippen LogP contribution in [-0.2, 0) is 0 Å². The van der Waals surface area contributed by atoms with E-state index in [1.54, 1.807) is 5.57 Å². The van der Waals surface area contributed by atoms with Crippen LogP contribution in [0, 0.1) is 11.8 Å². The Bertz CT molecular complexity index is 865. The largest absolute Gasteiger partial charge is 0.370 e. The molecule has 0 aromatic rings. The maximum absolute atomic E-state index is 6.37. The van der Waals surface area contributed by atoms with Crippen LogP contribution in [0.15, 0.2) is 63.9 Å². The molecule has 1 unspecified atom stereocenters. The summed E-state index contributed by atoms with van der Waals surface area (Å²) in [6.45, 7) is 23.1. The summed E-state index contributed by atoms with van der Waals surface area (Å²) in [5, 5.41) is 0. The fraction of sp³-hybridized carbons (Fsp3) is 0.667. The van der Waals surface area contributed by atoms with Crippen LogP contribution in [0.25, 0.3) is 0 Å². The van der Waals surface area contributed by atoms with Crippen LogP contribution in [0.5, 0.6) is 0 Å². The molecular weight excluding hydrogens is 452 g/mol. The standard InChI is InChI=1S/C33H56N4/c1-8-11-12-13-14-27(5)29(7)24-35-33(34)37-21-17-30(18-22-37)25-36(10-3)20-19-31(9-2)32-23-26(4)15-16-28(32)6/h9,15-16,24,26,30H,5,8,10-14,17-23,25H2,1-4,6-7H3,(H2,34,35)/b29-24+,31-9-. The maximum Gasteiger partial charge on any atom is 0.195 e. The number of unbranched alkanes of at least 4 members (excludes halogenated alkanes) is 3. The highest BCUT2D eigenvalue weighted by Crippen LogP contribution is 2.30. The number of allylic oxidation sites excluding steroid dienone is 7. The number of nitrogens with zero attached hydrogens (tertiary/aromatic N) is 3. The van der Waals surface area contributed by atoms with Gasteiger partial charge in [-0.15, -0.1) is 0 Å². The van der Waals surface area contributed by atoms with Gasteiger partial charge in [0.05, 0.1) is 0 Å². The van der Waals surface area contributed by atoms with Crippen LogP contribution < -0.4 is 5.73 Å². The third-order valence-corrected chi connectivity index (χ3v) is 8.29. The molecule has 208 valence electrons. The summed E-state index contributed by atoms with van der Waals surface area (Å²) in [7, 11) is 0. The van der Waals surface area contributed by atoms with E-state index in [4.69, 9.17) is 5.73 Å². The monoisotopic (exact) mass is 508 g/mol. The molecule has 1 heterocycles. The highest BCUT2D eigenvalue weighted by atomic mass is 15.3. The molecule has 1 atom stereocenters. The molecule has 0 spiro atoms. The van der Waals surface area contributed by atoms with Crippen LogP contribution in [-0.4, -0.2) is 48.5 Å². The number of likely N-dealkylation sites (tertiary alicyclic amines) is 1. The van der Waals surface area contributed by atoms with Crippen molar-refractivity contribution in [3.8, 4) is 0 Å². The first kappa shape index (κ1) is 31.1. The molecular formula is C33H56N4. The van der Waals surface area contributed by atoms with Crippen LogP contribution in [0.3, 0.4) is 0 Å². The van der Waals surface area contributed by atoms with Crippen molar-refractivity contribution in [1.82, 2.24) is 9.80 Å². The molecule has 0 aromatic carbocycles. The van der Waals surface area contributed by atoms with Gasteiger partial charge in [-0.05, 0) is 100.0 Å². The van der Waals surface area contributed by atoms with E-state index >= 15 is 0 Å². The Morgan fingerprint density at radius 3 is 2.57 bits per heavy atom. The minimum absolute atomic E-state index is 0.644. The lowest BCUT2D eigenvalue weighted by atomic mass is 9.85. The molecule has 4 heteroatoms. The molecule has 0 radical (unpaired) electrons. The first-order valence-corrected chi connectivity index (χ1v) is 15.0. The van der Waals surface area contributed by atoms with Gasteiger partial charge in [0.1, 0.15) is 0 Å². The highest BCUT2D eigenvalue weighted by Gasteiger charge is 2.22. The van der Waals surface area contributed by atoms with Gasteiger partial charge >= 0.3 is 0 Å². The number of aliphatic imine (C=N–C) groups is 1. The Labute approximate surface area is 229 Å². The normalized spacial score (nSPS) is 20.4. The summed E-state index contributed by atoms with van der Waals surface area (Å²) in [6, 6.07) is 0. The number of hydrogen-bond donors (Lipinski definition) is 1. The van der Waals surface area contributed by atoms with Gasteiger partial charge in [-0.3, -0.25) is 0 Å². The second kappa shape index (κ2) is 16.7. The number of nitrogens with two attached hydrogens (primary N) is 1. The first-order chi connectivity index (χ1) is 17.8. The molecule has 0 bridgehead atoms. The predicted octanol–water partition coefficient (Wildman–Crippen LogP) is 8.01. The fourth-order valence-corrected chi connectivity index (χ4v) is 5.48. The summed E-state index contributed by atoms with van der Waals surface area (Å²) in [4.78, 5) is 9.51. The third-order valence-electron chi connectivity index (χ3n) is 8.29. The number of piperidine rings is 1. The van der Waals surface area contributed by atoms with Crippen molar-refractivity contribution in [2.45, 2.75) is 99.3 Å². The maximum atomic E-state index is 6.37. The zero-order valence-corrected chi connectivity index (χ0v) is 25.0. The van der Waals surface area contributed by atoms with Gasteiger partial charge in [0.15, 0.2) is 5.96 Å². The number of rotatable bonds is 14. The van der Waals surface area contributed by atoms with Crippen molar-refractivity contribution in [2.75, 3.05) is 32.7 Å². The van der Waals surface area contributed by atoms with Crippen LogP contribution in [0.2, 0.25) is 0 Å². The Morgan fingerprint density at radius 1 is 1.19 bits per heavy atom. The molecule has 0 saturated carbocycles. The Balaban J connectivity index is 1.80. The van der Waals surface area contributed by atoms with Crippen LogP contribution >= 0.6 is 0 Å². The lowest BCUT2D eigenvalue weighted by molar-refractivity contribution is 0.184. The van der Waals surface area contributed by atoms with Crippen molar-refractivity contribution < 1.29 is 0 Å². The lowest BCUT2D eigenvalue weighted by Gasteiger charge is -2.35. The van der Waals surface area contributed by atoms with Crippen molar-refractivity contribution in [1.29, 1.82) is 0 Å². The number of hydrogen-bond acceptors (Lipinski definition) is 2. The Morgan fingerprint density at radius 2 is 1.92 bits per heavy atom. The topological polar surface area (TPSA) is 44.9 Å². The van der Waals surface area contributed by atoms with Gasteiger partial charge in [-0.2, -0.15) is 0 Å². The van der Waals surface area contributed by atoms with Crippen molar-refractivity contribution in [3.63, 3.8) is 0 Å². The Kier molecular flexibility index (Phi) is 14.1. The van der Waals surface area contributed by atoms with Gasteiger partial charge in [-0.25, -0.2) is 4.99 Å². The summed E-state index contributed by atoms with van der Waals surface area (Å²) in [6.07, 6.45) is 19.7. The summed E-state index contributed by atoms with van der Waals surface area (Å²) < 4.78 is 0. The van der Waals surface area contributed by atoms with Gasteiger partial charge < -0.3 is 15.5 Å². The molecule has 37 heavy (non-hydrogen) atoms. The van der Waals surface area contributed by atoms with E-state index in [0.29, 0.717) is 11.9 Å². The Hall–Kier alpha value is -2.07. The van der Waals surface area contributed by atoms with E-state index < -0.39 is 0 Å². The average Bonchev–Trinajstić information content (AvgIpc) is 2.91. The molecule has 1 aliphatic carbocycles. The SMILES string of the molecule is C=C(CCCCCC)/C(C)=C/N=C(N)N1CCC(CN(CC)CC/C(=C/C)C2=C(C)C=CC(C)C2)CC1. The van der Waals surface area contributed by atoms with E-state index in [1.807, 2.05) is 6.20 Å². The molecule has 1 aliphatic heterocycles. The van der Waals surface area contributed by atoms with E-state index in [2.05, 4.69) is 81.1 Å². The second-order valence-electron chi connectivity index (χ2n) is 11.3. The molecule has 0 aromatic heterocycles. The minimum atomic E-state index is 0.644. The predicted molar refractivity (Wildman–Crippen MR) is 164 cm³/mol. The molecule has 2 N–H and O–H groups in total. The summed E-state index contributed by atoms with van der Waals surface area (Å²) >= 11 is 0. The second-order valence-corrected chi connectivity index (χ2v) is 11.3. The van der Waals surface area contributed by atoms with Crippen LogP contribution in [0.4, 0.5) is 0 Å². The van der Waals surface area contributed by atoms with E-state index in [9.17, 15) is 0 Å². The molecule has 1 fully saturated rings. The van der Waals surface area contributed by atoms with Gasteiger partial charge in [0, 0.05) is 32.4 Å². The molecule has 0 amide bonds. The quantitative estimate of drug-likeness (QED) is 0.112. The lowest BCUT2D eigenvalue weighted by Crippen LogP contribution is -2.44. The number of guanidine groups is 1.